The summed E-state index contributed by atoms with van der Waals surface area (Å²) in [6.45, 7) is 0. The van der Waals surface area contributed by atoms with E-state index in [1.807, 2.05) is 0 Å². The van der Waals surface area contributed by atoms with Gasteiger partial charge in [0.2, 0.25) is 11.7 Å². The second-order valence-corrected chi connectivity index (χ2v) is 6.20. The van der Waals surface area contributed by atoms with Gasteiger partial charge >= 0.3 is 5.69 Å². The molecule has 2 heterocycles. The first-order chi connectivity index (χ1) is 13.8. The second kappa shape index (κ2) is 7.70. The van der Waals surface area contributed by atoms with Crippen molar-refractivity contribution in [1.82, 2.24) is 18.7 Å². The molecule has 0 saturated heterocycles. The molecular formula is C18H22N6O5. The summed E-state index contributed by atoms with van der Waals surface area (Å²) in [5, 5.41) is 4.17. The van der Waals surface area contributed by atoms with E-state index in [0.29, 0.717) is 34.3 Å². The van der Waals surface area contributed by atoms with Gasteiger partial charge in [0.15, 0.2) is 22.7 Å². The van der Waals surface area contributed by atoms with Gasteiger partial charge in [-0.05, 0) is 12.1 Å². The number of nitrogens with one attached hydrogen (secondary N) is 1. The number of aryl methyl sites for hydroxylation is 2. The van der Waals surface area contributed by atoms with E-state index in [1.54, 1.807) is 37.0 Å². The van der Waals surface area contributed by atoms with Gasteiger partial charge in [-0.2, -0.15) is 10.1 Å². The van der Waals surface area contributed by atoms with Crippen molar-refractivity contribution in [2.45, 2.75) is 0 Å². The van der Waals surface area contributed by atoms with Gasteiger partial charge in [0.25, 0.3) is 5.56 Å². The fourth-order valence-corrected chi connectivity index (χ4v) is 2.96. The predicted octanol–water partition coefficient (Wildman–Crippen LogP) is 0.443. The van der Waals surface area contributed by atoms with Gasteiger partial charge in [0.05, 0.1) is 27.5 Å². The van der Waals surface area contributed by atoms with Gasteiger partial charge < -0.3 is 18.8 Å². The Morgan fingerprint density at radius 2 is 1.59 bits per heavy atom. The Bertz CT molecular complexity index is 1200. The number of hydrogen-bond donors (Lipinski definition) is 1. The Balaban J connectivity index is 1.97. The lowest BCUT2D eigenvalue weighted by Gasteiger charge is -2.12. The summed E-state index contributed by atoms with van der Waals surface area (Å²) in [7, 11) is 9.23. The van der Waals surface area contributed by atoms with Crippen LogP contribution < -0.4 is 30.9 Å². The van der Waals surface area contributed by atoms with Crippen LogP contribution in [0.2, 0.25) is 0 Å². The monoisotopic (exact) mass is 402 g/mol. The van der Waals surface area contributed by atoms with Crippen molar-refractivity contribution in [3.05, 3.63) is 38.5 Å². The molecular weight excluding hydrogens is 380 g/mol. The molecule has 11 nitrogen and oxygen atoms in total. The zero-order chi connectivity index (χ0) is 21.3. The van der Waals surface area contributed by atoms with Crippen LogP contribution >= 0.6 is 0 Å². The van der Waals surface area contributed by atoms with Crippen LogP contribution in [0.3, 0.4) is 0 Å². The van der Waals surface area contributed by atoms with Gasteiger partial charge in [0.1, 0.15) is 0 Å². The van der Waals surface area contributed by atoms with Gasteiger partial charge in [-0.15, -0.1) is 0 Å². The number of anilines is 1. The molecule has 0 aliphatic heterocycles. The number of hydrazone groups is 1. The molecule has 29 heavy (non-hydrogen) atoms. The molecule has 0 fully saturated rings. The topological polar surface area (TPSA) is 114 Å². The number of aromatic nitrogens is 4. The van der Waals surface area contributed by atoms with Crippen molar-refractivity contribution in [3.63, 3.8) is 0 Å². The van der Waals surface area contributed by atoms with Crippen LogP contribution in [0.5, 0.6) is 17.2 Å². The maximum Gasteiger partial charge on any atom is 0.332 e. The van der Waals surface area contributed by atoms with Crippen molar-refractivity contribution in [2.75, 3.05) is 26.8 Å². The number of fused-ring (bicyclic) bond motifs is 1. The maximum atomic E-state index is 12.4. The van der Waals surface area contributed by atoms with E-state index >= 15 is 0 Å². The Morgan fingerprint density at radius 3 is 2.14 bits per heavy atom. The van der Waals surface area contributed by atoms with Crippen LogP contribution in [0.15, 0.2) is 26.8 Å². The van der Waals surface area contributed by atoms with Crippen LogP contribution in [0, 0.1) is 0 Å². The summed E-state index contributed by atoms with van der Waals surface area (Å²) in [5.74, 6) is 1.78. The number of imidazole rings is 1. The van der Waals surface area contributed by atoms with Crippen molar-refractivity contribution < 1.29 is 14.2 Å². The third-order valence-corrected chi connectivity index (χ3v) is 4.54. The lowest BCUT2D eigenvalue weighted by molar-refractivity contribution is 0.324. The molecule has 11 heteroatoms. The van der Waals surface area contributed by atoms with E-state index in [9.17, 15) is 9.59 Å². The first-order valence-electron chi connectivity index (χ1n) is 8.55. The Hall–Kier alpha value is -3.76. The Kier molecular flexibility index (Phi) is 5.31. The van der Waals surface area contributed by atoms with Crippen LogP contribution in [-0.2, 0) is 21.1 Å². The highest BCUT2D eigenvalue weighted by Crippen LogP contribution is 2.37. The zero-order valence-corrected chi connectivity index (χ0v) is 17.0. The molecule has 3 aromatic rings. The second-order valence-electron chi connectivity index (χ2n) is 6.20. The SMILES string of the molecule is COc1cc(/C=N/Nc2nc3c(c(=O)n(C)c(=O)n3C)n2C)cc(OC)c1OC. The lowest BCUT2D eigenvalue weighted by atomic mass is 10.2. The number of ether oxygens (including phenoxy) is 3. The van der Waals surface area contributed by atoms with Crippen LogP contribution in [0.4, 0.5) is 5.95 Å². The molecule has 0 amide bonds. The lowest BCUT2D eigenvalue weighted by Crippen LogP contribution is -2.37. The molecule has 0 aliphatic carbocycles. The van der Waals surface area contributed by atoms with Crippen molar-refractivity contribution in [3.8, 4) is 17.2 Å². The first-order valence-corrected chi connectivity index (χ1v) is 8.55. The molecule has 1 N–H and O–H groups in total. The highest BCUT2D eigenvalue weighted by Gasteiger charge is 2.17. The summed E-state index contributed by atoms with van der Waals surface area (Å²) in [5.41, 5.74) is 3.16. The van der Waals surface area contributed by atoms with Crippen LogP contribution in [0.25, 0.3) is 11.2 Å². The average Bonchev–Trinajstić information content (AvgIpc) is 3.06. The third-order valence-electron chi connectivity index (χ3n) is 4.54. The fraction of sp³-hybridized carbons (Fsp3) is 0.333. The van der Waals surface area contributed by atoms with E-state index in [2.05, 4.69) is 15.5 Å². The fourth-order valence-electron chi connectivity index (χ4n) is 2.96. The van der Waals surface area contributed by atoms with Gasteiger partial charge in [-0.3, -0.25) is 13.9 Å². The number of hydrogen-bond acceptors (Lipinski definition) is 8. The molecule has 0 bridgehead atoms. The number of nitrogens with zero attached hydrogens (tertiary/aromatic N) is 5. The normalized spacial score (nSPS) is 11.2. The van der Waals surface area contributed by atoms with Gasteiger partial charge in [-0.1, -0.05) is 0 Å². The summed E-state index contributed by atoms with van der Waals surface area (Å²) in [6, 6.07) is 3.47. The molecule has 2 aromatic heterocycles. The van der Waals surface area contributed by atoms with E-state index in [-0.39, 0.29) is 5.65 Å². The molecule has 0 radical (unpaired) electrons. The zero-order valence-electron chi connectivity index (χ0n) is 17.0. The van der Waals surface area contributed by atoms with Crippen LogP contribution in [0.1, 0.15) is 5.56 Å². The molecule has 154 valence electrons. The molecule has 3 rings (SSSR count). The maximum absolute atomic E-state index is 12.4. The van der Waals surface area contributed by atoms with E-state index in [4.69, 9.17) is 14.2 Å². The van der Waals surface area contributed by atoms with Gasteiger partial charge in [0, 0.05) is 26.7 Å². The van der Waals surface area contributed by atoms with Crippen molar-refractivity contribution >= 4 is 23.3 Å². The van der Waals surface area contributed by atoms with Gasteiger partial charge in [-0.25, -0.2) is 10.2 Å². The Labute approximate surface area is 165 Å². The highest BCUT2D eigenvalue weighted by atomic mass is 16.5. The summed E-state index contributed by atoms with van der Waals surface area (Å²) >= 11 is 0. The predicted molar refractivity (Wildman–Crippen MR) is 109 cm³/mol. The van der Waals surface area contributed by atoms with E-state index in [1.165, 1.54) is 32.9 Å². The smallest absolute Gasteiger partial charge is 0.332 e. The average molecular weight is 402 g/mol. The number of rotatable bonds is 6. The molecule has 0 atom stereocenters. The molecule has 0 spiro atoms. The largest absolute Gasteiger partial charge is 0.493 e. The van der Waals surface area contributed by atoms with Crippen LogP contribution in [-0.4, -0.2) is 46.2 Å². The third kappa shape index (κ3) is 3.30. The van der Waals surface area contributed by atoms with E-state index in [0.717, 1.165) is 4.57 Å². The summed E-state index contributed by atoms with van der Waals surface area (Å²) in [4.78, 5) is 28.8. The summed E-state index contributed by atoms with van der Waals surface area (Å²) < 4.78 is 19.8. The highest BCUT2D eigenvalue weighted by molar-refractivity contribution is 5.83. The number of methoxy groups -OCH3 is 3. The minimum Gasteiger partial charge on any atom is -0.493 e. The quantitative estimate of drug-likeness (QED) is 0.470. The Morgan fingerprint density at radius 1 is 0.966 bits per heavy atom. The van der Waals surface area contributed by atoms with E-state index < -0.39 is 11.2 Å². The molecule has 1 aromatic carbocycles. The minimum absolute atomic E-state index is 0.270. The van der Waals surface area contributed by atoms with Crippen molar-refractivity contribution in [1.29, 1.82) is 0 Å². The molecule has 0 saturated carbocycles. The summed E-state index contributed by atoms with van der Waals surface area (Å²) in [6.07, 6.45) is 1.54. The van der Waals surface area contributed by atoms with Crippen molar-refractivity contribution in [2.24, 2.45) is 26.2 Å². The molecule has 0 aliphatic rings. The molecule has 0 unspecified atom stereocenters. The minimum atomic E-state index is -0.451. The first kappa shape index (κ1) is 20.0. The standard InChI is InChI=1S/C18H22N6O5/c1-22-13-15(23(2)18(26)24(3)16(13)25)20-17(22)21-19-9-10-7-11(27-4)14(29-6)12(8-10)28-5/h7-9H,1-6H3,(H,20,21)/b19-9+. The number of benzene rings is 1.